The standard InChI is InChI=1S/C56H100O9/c1-3-5-7-9-11-13-15-17-19-21-23-24-25-26-27-28-30-32-34-36-38-40-42-44-46-62-48-50(49-63-56-55(61)54(60)53(59)51(47-57)65-56)64-52(58)45-43-41-39-37-35-33-31-29-22-20-18-16-14-12-10-8-6-4-2/h14-17,20-23,25-26,50-51,53-57,59-61H,3-13,18-19,24,27-49H2,1-2H3/b16-14-,17-15-,22-20-,23-21-,26-25-. The minimum atomic E-state index is -1.54. The lowest BCUT2D eigenvalue weighted by molar-refractivity contribution is -0.305. The fourth-order valence-corrected chi connectivity index (χ4v) is 7.94. The molecule has 4 N–H and O–H groups in total. The summed E-state index contributed by atoms with van der Waals surface area (Å²) in [5.41, 5.74) is 0. The van der Waals surface area contributed by atoms with E-state index in [1.807, 2.05) is 0 Å². The predicted octanol–water partition coefficient (Wildman–Crippen LogP) is 13.4. The van der Waals surface area contributed by atoms with Crippen molar-refractivity contribution in [3.05, 3.63) is 60.8 Å². The fraction of sp³-hybridized carbons (Fsp3) is 0.804. The van der Waals surface area contributed by atoms with E-state index < -0.39 is 43.4 Å². The van der Waals surface area contributed by atoms with Gasteiger partial charge in [-0.3, -0.25) is 4.79 Å². The Morgan fingerprint density at radius 2 is 0.892 bits per heavy atom. The number of aliphatic hydroxyl groups excluding tert-OH is 4. The average molecular weight is 917 g/mol. The van der Waals surface area contributed by atoms with Crippen molar-refractivity contribution in [2.24, 2.45) is 0 Å². The van der Waals surface area contributed by atoms with Crippen molar-refractivity contribution < 1.29 is 44.2 Å². The molecule has 1 aliphatic heterocycles. The van der Waals surface area contributed by atoms with Crippen molar-refractivity contribution >= 4 is 5.97 Å². The van der Waals surface area contributed by atoms with Crippen LogP contribution in [-0.2, 0) is 23.7 Å². The van der Waals surface area contributed by atoms with Crippen molar-refractivity contribution in [1.29, 1.82) is 0 Å². The summed E-state index contributed by atoms with van der Waals surface area (Å²) in [5.74, 6) is -0.323. The van der Waals surface area contributed by atoms with Crippen LogP contribution in [0.25, 0.3) is 0 Å². The Morgan fingerprint density at radius 1 is 0.492 bits per heavy atom. The highest BCUT2D eigenvalue weighted by Crippen LogP contribution is 2.23. The Labute approximate surface area is 398 Å². The average Bonchev–Trinajstić information content (AvgIpc) is 3.31. The molecule has 1 aliphatic rings. The first-order valence-corrected chi connectivity index (χ1v) is 26.9. The Balaban J connectivity index is 2.20. The first-order chi connectivity index (χ1) is 31.9. The van der Waals surface area contributed by atoms with Crippen LogP contribution < -0.4 is 0 Å². The monoisotopic (exact) mass is 917 g/mol. The van der Waals surface area contributed by atoms with E-state index in [1.54, 1.807) is 0 Å². The Morgan fingerprint density at radius 3 is 1.35 bits per heavy atom. The van der Waals surface area contributed by atoms with Gasteiger partial charge in [-0.15, -0.1) is 0 Å². The van der Waals surface area contributed by atoms with Gasteiger partial charge in [0.15, 0.2) is 6.29 Å². The molecule has 0 radical (unpaired) electrons. The molecule has 378 valence electrons. The second-order valence-corrected chi connectivity index (χ2v) is 18.3. The minimum Gasteiger partial charge on any atom is -0.457 e. The number of rotatable bonds is 46. The number of carbonyl (C=O) groups excluding carboxylic acids is 1. The molecule has 0 aliphatic carbocycles. The topological polar surface area (TPSA) is 135 Å². The highest BCUT2D eigenvalue weighted by molar-refractivity contribution is 5.69. The number of carbonyl (C=O) groups is 1. The molecule has 0 aromatic carbocycles. The Hall–Kier alpha value is -2.11. The van der Waals surface area contributed by atoms with Gasteiger partial charge in [0.05, 0.1) is 19.8 Å². The number of ether oxygens (including phenoxy) is 4. The number of unbranched alkanes of at least 4 members (excludes halogenated alkanes) is 25. The summed E-state index contributed by atoms with van der Waals surface area (Å²) in [6, 6.07) is 0. The largest absolute Gasteiger partial charge is 0.457 e. The van der Waals surface area contributed by atoms with E-state index in [9.17, 15) is 25.2 Å². The van der Waals surface area contributed by atoms with Gasteiger partial charge in [0.25, 0.3) is 0 Å². The zero-order valence-corrected chi connectivity index (χ0v) is 41.7. The molecule has 1 fully saturated rings. The molecule has 0 spiro atoms. The van der Waals surface area contributed by atoms with Gasteiger partial charge in [0.2, 0.25) is 0 Å². The zero-order valence-electron chi connectivity index (χ0n) is 41.7. The summed E-state index contributed by atoms with van der Waals surface area (Å²) in [6.45, 7) is 4.52. The van der Waals surface area contributed by atoms with Crippen LogP contribution >= 0.6 is 0 Å². The highest BCUT2D eigenvalue weighted by Gasteiger charge is 2.44. The number of esters is 1. The number of allylic oxidation sites excluding steroid dienone is 10. The van der Waals surface area contributed by atoms with Gasteiger partial charge in [-0.05, 0) is 83.5 Å². The maximum atomic E-state index is 12.8. The van der Waals surface area contributed by atoms with E-state index in [-0.39, 0.29) is 19.2 Å². The molecule has 6 unspecified atom stereocenters. The second kappa shape index (κ2) is 47.0. The molecular formula is C56H100O9. The molecule has 1 saturated heterocycles. The summed E-state index contributed by atoms with van der Waals surface area (Å²) < 4.78 is 22.9. The summed E-state index contributed by atoms with van der Waals surface area (Å²) in [4.78, 5) is 12.8. The first-order valence-electron chi connectivity index (χ1n) is 26.9. The molecule has 9 nitrogen and oxygen atoms in total. The minimum absolute atomic E-state index is 0.121. The highest BCUT2D eigenvalue weighted by atomic mass is 16.7. The molecule has 0 bridgehead atoms. The van der Waals surface area contributed by atoms with E-state index in [0.29, 0.717) is 13.0 Å². The third-order valence-corrected chi connectivity index (χ3v) is 12.2. The third kappa shape index (κ3) is 37.5. The first kappa shape index (κ1) is 60.9. The van der Waals surface area contributed by atoms with Crippen LogP contribution in [0.1, 0.15) is 226 Å². The Bertz CT molecular complexity index is 1180. The molecule has 0 amide bonds. The molecule has 0 aromatic rings. The fourth-order valence-electron chi connectivity index (χ4n) is 7.94. The number of hydrogen-bond acceptors (Lipinski definition) is 9. The van der Waals surface area contributed by atoms with Gasteiger partial charge in [0.1, 0.15) is 30.5 Å². The van der Waals surface area contributed by atoms with Crippen molar-refractivity contribution in [3.8, 4) is 0 Å². The van der Waals surface area contributed by atoms with Gasteiger partial charge in [-0.2, -0.15) is 0 Å². The van der Waals surface area contributed by atoms with E-state index in [0.717, 1.165) is 64.2 Å². The SMILES string of the molecule is CCCCCC/C=C\C/C=C\CCCCCCCCCC(=O)OC(COCCCCCCCCCCC/C=C\C/C=C\C/C=C\CCCCCCC)COC1OC(CO)C(O)C(O)C1O. The second-order valence-electron chi connectivity index (χ2n) is 18.3. The number of aliphatic hydroxyl groups is 4. The molecule has 1 heterocycles. The van der Waals surface area contributed by atoms with Crippen molar-refractivity contribution in [2.45, 2.75) is 263 Å². The summed E-state index contributed by atoms with van der Waals surface area (Å²) in [6.07, 6.45) is 53.9. The maximum Gasteiger partial charge on any atom is 0.306 e. The van der Waals surface area contributed by atoms with Crippen LogP contribution in [-0.4, -0.2) is 89.6 Å². The summed E-state index contributed by atoms with van der Waals surface area (Å²) in [5, 5.41) is 40.3. The van der Waals surface area contributed by atoms with Gasteiger partial charge in [0, 0.05) is 13.0 Å². The van der Waals surface area contributed by atoms with E-state index in [1.165, 1.54) is 141 Å². The normalized spacial score (nSPS) is 19.9. The maximum absolute atomic E-state index is 12.8. The summed E-state index contributed by atoms with van der Waals surface area (Å²) in [7, 11) is 0. The van der Waals surface area contributed by atoms with Crippen molar-refractivity contribution in [3.63, 3.8) is 0 Å². The smallest absolute Gasteiger partial charge is 0.306 e. The van der Waals surface area contributed by atoms with Gasteiger partial charge >= 0.3 is 5.97 Å². The molecule has 6 atom stereocenters. The Kier molecular flexibility index (Phi) is 44.0. The number of hydrogen-bond donors (Lipinski definition) is 4. The van der Waals surface area contributed by atoms with Gasteiger partial charge < -0.3 is 39.4 Å². The van der Waals surface area contributed by atoms with Crippen LogP contribution in [0.4, 0.5) is 0 Å². The van der Waals surface area contributed by atoms with E-state index in [4.69, 9.17) is 18.9 Å². The van der Waals surface area contributed by atoms with Crippen LogP contribution in [0, 0.1) is 0 Å². The molecule has 9 heteroatoms. The third-order valence-electron chi connectivity index (χ3n) is 12.2. The lowest BCUT2D eigenvalue weighted by Gasteiger charge is -2.39. The van der Waals surface area contributed by atoms with E-state index in [2.05, 4.69) is 74.6 Å². The molecule has 1 rings (SSSR count). The molecule has 0 aromatic heterocycles. The van der Waals surface area contributed by atoms with Gasteiger partial charge in [-0.25, -0.2) is 0 Å². The summed E-state index contributed by atoms with van der Waals surface area (Å²) >= 11 is 0. The lowest BCUT2D eigenvalue weighted by atomic mass is 9.99. The zero-order chi connectivity index (χ0) is 47.1. The van der Waals surface area contributed by atoms with Crippen LogP contribution in [0.15, 0.2) is 60.8 Å². The van der Waals surface area contributed by atoms with Crippen molar-refractivity contribution in [1.82, 2.24) is 0 Å². The quantitative estimate of drug-likeness (QED) is 0.0267. The lowest BCUT2D eigenvalue weighted by Crippen LogP contribution is -2.59. The molecule has 65 heavy (non-hydrogen) atoms. The van der Waals surface area contributed by atoms with Crippen LogP contribution in [0.2, 0.25) is 0 Å². The van der Waals surface area contributed by atoms with Crippen LogP contribution in [0.5, 0.6) is 0 Å². The molecule has 0 saturated carbocycles. The van der Waals surface area contributed by atoms with Crippen LogP contribution in [0.3, 0.4) is 0 Å². The van der Waals surface area contributed by atoms with Gasteiger partial charge in [-0.1, -0.05) is 197 Å². The van der Waals surface area contributed by atoms with Crippen molar-refractivity contribution in [2.75, 3.05) is 26.4 Å². The predicted molar refractivity (Wildman–Crippen MR) is 270 cm³/mol. The molecular weight excluding hydrogens is 817 g/mol. The van der Waals surface area contributed by atoms with E-state index >= 15 is 0 Å².